The Bertz CT molecular complexity index is 583. The number of esters is 1. The average Bonchev–Trinajstić information content (AvgIpc) is 2.94. The Balaban J connectivity index is 2.14. The molecular formula is C14H18N4O3. The monoisotopic (exact) mass is 290 g/mol. The zero-order chi connectivity index (χ0) is 15.1. The van der Waals surface area contributed by atoms with E-state index in [0.29, 0.717) is 26.0 Å². The fourth-order valence-electron chi connectivity index (χ4n) is 1.98. The molecule has 2 rings (SSSR count). The maximum atomic E-state index is 11.7. The van der Waals surface area contributed by atoms with Crippen LogP contribution in [0.15, 0.2) is 24.4 Å². The van der Waals surface area contributed by atoms with Gasteiger partial charge >= 0.3 is 5.97 Å². The highest BCUT2D eigenvalue weighted by Gasteiger charge is 2.19. The number of nitrogens with zero attached hydrogens (tertiary/aromatic N) is 4. The number of hydrogen-bond donors (Lipinski definition) is 0. The average molecular weight is 290 g/mol. The number of carbonyl (C=O) groups excluding carboxylic acids is 1. The lowest BCUT2D eigenvalue weighted by atomic mass is 10.2. The van der Waals surface area contributed by atoms with E-state index in [2.05, 4.69) is 15.3 Å². The highest BCUT2D eigenvalue weighted by atomic mass is 16.5. The van der Waals surface area contributed by atoms with Gasteiger partial charge in [-0.2, -0.15) is 0 Å². The second-order valence-corrected chi connectivity index (χ2v) is 4.41. The summed E-state index contributed by atoms with van der Waals surface area (Å²) in [6.45, 7) is 1.08. The molecular weight excluding hydrogens is 272 g/mol. The Kier molecular flexibility index (Phi) is 5.39. The van der Waals surface area contributed by atoms with E-state index in [1.54, 1.807) is 18.0 Å². The topological polar surface area (TPSA) is 79.1 Å². The first-order valence-corrected chi connectivity index (χ1v) is 6.65. The van der Waals surface area contributed by atoms with Crippen molar-refractivity contribution in [1.82, 2.24) is 20.0 Å². The SMILES string of the molecule is COCCc1c(C(=O)OC)nnn1CCc1ccccn1. The summed E-state index contributed by atoms with van der Waals surface area (Å²) in [5, 5.41) is 7.95. The van der Waals surface area contributed by atoms with Crippen LogP contribution in [-0.2, 0) is 28.9 Å². The third kappa shape index (κ3) is 3.85. The molecule has 0 saturated carbocycles. The smallest absolute Gasteiger partial charge is 0.360 e. The van der Waals surface area contributed by atoms with Crippen molar-refractivity contribution < 1.29 is 14.3 Å². The minimum absolute atomic E-state index is 0.246. The second kappa shape index (κ2) is 7.49. The normalized spacial score (nSPS) is 10.6. The number of aryl methyl sites for hydroxylation is 2. The van der Waals surface area contributed by atoms with Crippen LogP contribution in [0.2, 0.25) is 0 Å². The zero-order valence-corrected chi connectivity index (χ0v) is 12.2. The van der Waals surface area contributed by atoms with Crippen molar-refractivity contribution in [3.63, 3.8) is 0 Å². The highest BCUT2D eigenvalue weighted by Crippen LogP contribution is 2.09. The van der Waals surface area contributed by atoms with Crippen LogP contribution >= 0.6 is 0 Å². The summed E-state index contributed by atoms with van der Waals surface area (Å²) >= 11 is 0. The molecule has 0 unspecified atom stereocenters. The fourth-order valence-corrected chi connectivity index (χ4v) is 1.98. The molecule has 0 aliphatic carbocycles. The molecule has 0 saturated heterocycles. The van der Waals surface area contributed by atoms with Crippen LogP contribution in [0.3, 0.4) is 0 Å². The molecule has 0 aromatic carbocycles. The van der Waals surface area contributed by atoms with E-state index in [1.165, 1.54) is 7.11 Å². The van der Waals surface area contributed by atoms with Gasteiger partial charge in [-0.05, 0) is 12.1 Å². The molecule has 0 amide bonds. The Morgan fingerprint density at radius 3 is 2.81 bits per heavy atom. The molecule has 7 nitrogen and oxygen atoms in total. The number of ether oxygens (including phenoxy) is 2. The Morgan fingerprint density at radius 1 is 1.29 bits per heavy atom. The van der Waals surface area contributed by atoms with E-state index in [0.717, 1.165) is 11.4 Å². The quantitative estimate of drug-likeness (QED) is 0.705. The first-order chi connectivity index (χ1) is 10.3. The summed E-state index contributed by atoms with van der Waals surface area (Å²) in [6.07, 6.45) is 3.02. The van der Waals surface area contributed by atoms with E-state index >= 15 is 0 Å². The third-order valence-corrected chi connectivity index (χ3v) is 3.07. The summed E-state index contributed by atoms with van der Waals surface area (Å²) in [7, 11) is 2.94. The first-order valence-electron chi connectivity index (χ1n) is 6.65. The van der Waals surface area contributed by atoms with Gasteiger partial charge in [-0.25, -0.2) is 9.48 Å². The molecule has 2 aromatic rings. The van der Waals surface area contributed by atoms with Crippen LogP contribution in [0.1, 0.15) is 21.9 Å². The number of pyridine rings is 1. The number of methoxy groups -OCH3 is 2. The van der Waals surface area contributed by atoms with E-state index in [-0.39, 0.29) is 5.69 Å². The van der Waals surface area contributed by atoms with E-state index in [1.807, 2.05) is 18.2 Å². The van der Waals surface area contributed by atoms with Crippen molar-refractivity contribution >= 4 is 5.97 Å². The van der Waals surface area contributed by atoms with Crippen molar-refractivity contribution in [3.05, 3.63) is 41.5 Å². The molecule has 0 spiro atoms. The molecule has 0 radical (unpaired) electrons. The predicted octanol–water partition coefficient (Wildman–Crippen LogP) is 0.891. The first kappa shape index (κ1) is 15.1. The lowest BCUT2D eigenvalue weighted by Crippen LogP contribution is -2.13. The zero-order valence-electron chi connectivity index (χ0n) is 12.2. The van der Waals surface area contributed by atoms with E-state index in [9.17, 15) is 4.79 Å². The summed E-state index contributed by atoms with van der Waals surface area (Å²) < 4.78 is 11.5. The van der Waals surface area contributed by atoms with Crippen molar-refractivity contribution in [2.75, 3.05) is 20.8 Å². The lowest BCUT2D eigenvalue weighted by Gasteiger charge is -2.07. The Hall–Kier alpha value is -2.28. The molecule has 0 aliphatic heterocycles. The molecule has 21 heavy (non-hydrogen) atoms. The minimum atomic E-state index is -0.481. The molecule has 0 fully saturated rings. The van der Waals surface area contributed by atoms with Gasteiger partial charge < -0.3 is 9.47 Å². The van der Waals surface area contributed by atoms with Crippen molar-refractivity contribution in [3.8, 4) is 0 Å². The van der Waals surface area contributed by atoms with Crippen molar-refractivity contribution in [1.29, 1.82) is 0 Å². The number of hydrogen-bond acceptors (Lipinski definition) is 6. The van der Waals surface area contributed by atoms with Crippen molar-refractivity contribution in [2.24, 2.45) is 0 Å². The van der Waals surface area contributed by atoms with Gasteiger partial charge in [-0.15, -0.1) is 5.10 Å². The lowest BCUT2D eigenvalue weighted by molar-refractivity contribution is 0.0592. The van der Waals surface area contributed by atoms with Gasteiger partial charge in [0, 0.05) is 38.4 Å². The molecule has 2 aromatic heterocycles. The molecule has 112 valence electrons. The van der Waals surface area contributed by atoms with Gasteiger partial charge in [0.15, 0.2) is 5.69 Å². The van der Waals surface area contributed by atoms with Crippen LogP contribution in [-0.4, -0.2) is 46.8 Å². The summed E-state index contributed by atoms with van der Waals surface area (Å²) in [5.74, 6) is -0.481. The predicted molar refractivity (Wildman–Crippen MR) is 74.9 cm³/mol. The number of carbonyl (C=O) groups is 1. The van der Waals surface area contributed by atoms with E-state index in [4.69, 9.17) is 9.47 Å². The van der Waals surface area contributed by atoms with Gasteiger partial charge in [0.25, 0.3) is 0 Å². The minimum Gasteiger partial charge on any atom is -0.464 e. The van der Waals surface area contributed by atoms with Gasteiger partial charge in [-0.3, -0.25) is 4.98 Å². The standard InChI is InChI=1S/C14H18N4O3/c1-20-10-7-12-13(14(19)21-2)16-17-18(12)9-6-11-5-3-4-8-15-11/h3-5,8H,6-7,9-10H2,1-2H3. The maximum absolute atomic E-state index is 11.7. The fraction of sp³-hybridized carbons (Fsp3) is 0.429. The van der Waals surface area contributed by atoms with Gasteiger partial charge in [0.1, 0.15) is 0 Å². The van der Waals surface area contributed by atoms with Crippen LogP contribution in [0.5, 0.6) is 0 Å². The largest absolute Gasteiger partial charge is 0.464 e. The molecule has 0 bridgehead atoms. The molecule has 2 heterocycles. The molecule has 0 aliphatic rings. The van der Waals surface area contributed by atoms with Crippen LogP contribution < -0.4 is 0 Å². The maximum Gasteiger partial charge on any atom is 0.360 e. The van der Waals surface area contributed by atoms with Crippen LogP contribution in [0, 0.1) is 0 Å². The number of rotatable bonds is 7. The summed E-state index contributed by atoms with van der Waals surface area (Å²) in [5.41, 5.74) is 1.93. The third-order valence-electron chi connectivity index (χ3n) is 3.07. The van der Waals surface area contributed by atoms with Crippen LogP contribution in [0.4, 0.5) is 0 Å². The summed E-state index contributed by atoms with van der Waals surface area (Å²) in [6, 6.07) is 5.76. The molecule has 7 heteroatoms. The van der Waals surface area contributed by atoms with Gasteiger partial charge in [-0.1, -0.05) is 11.3 Å². The van der Waals surface area contributed by atoms with Crippen molar-refractivity contribution in [2.45, 2.75) is 19.4 Å². The number of aromatic nitrogens is 4. The summed E-state index contributed by atoms with van der Waals surface area (Å²) in [4.78, 5) is 16.0. The van der Waals surface area contributed by atoms with E-state index < -0.39 is 5.97 Å². The Morgan fingerprint density at radius 2 is 2.14 bits per heavy atom. The van der Waals surface area contributed by atoms with Crippen LogP contribution in [0.25, 0.3) is 0 Å². The van der Waals surface area contributed by atoms with Gasteiger partial charge in [0.05, 0.1) is 19.4 Å². The Labute approximate surface area is 122 Å². The van der Waals surface area contributed by atoms with Gasteiger partial charge in [0.2, 0.25) is 0 Å². The molecule has 0 atom stereocenters. The molecule has 0 N–H and O–H groups in total. The second-order valence-electron chi connectivity index (χ2n) is 4.41. The highest BCUT2D eigenvalue weighted by molar-refractivity contribution is 5.88.